The molecule has 2 N–H and O–H groups in total. The van der Waals surface area contributed by atoms with Gasteiger partial charge in [-0.25, -0.2) is 4.79 Å². The van der Waals surface area contributed by atoms with E-state index < -0.39 is 16.2 Å². The first-order valence-electron chi connectivity index (χ1n) is 9.49. The highest BCUT2D eigenvalue weighted by atomic mass is 32.2. The molecule has 29 heavy (non-hydrogen) atoms. The number of quaternary nitrogens is 1. The predicted molar refractivity (Wildman–Crippen MR) is 111 cm³/mol. The van der Waals surface area contributed by atoms with Crippen molar-refractivity contribution in [3.8, 4) is 0 Å². The minimum Gasteiger partial charge on any atom is -0.465 e. The SMILES string of the molecule is COC(=O)c1ccc(CNS(=O)(=O)[N+]2(c3ccccc3)C[C@@H](C)N[C@@H](C)C2)nc1. The first kappa shape index (κ1) is 21.4. The van der Waals surface area contributed by atoms with Gasteiger partial charge in [-0.3, -0.25) is 4.98 Å². The minimum absolute atomic E-state index is 0.0345. The maximum absolute atomic E-state index is 13.5. The van der Waals surface area contributed by atoms with E-state index in [4.69, 9.17) is 0 Å². The third kappa shape index (κ3) is 4.48. The number of methoxy groups -OCH3 is 1. The highest BCUT2D eigenvalue weighted by Gasteiger charge is 2.49. The summed E-state index contributed by atoms with van der Waals surface area (Å²) < 4.78 is 34.3. The molecule has 1 unspecified atom stereocenters. The van der Waals surface area contributed by atoms with Crippen LogP contribution in [0.1, 0.15) is 29.9 Å². The number of hydrogen-bond acceptors (Lipinski definition) is 6. The summed E-state index contributed by atoms with van der Waals surface area (Å²) in [6.07, 6.45) is 1.38. The van der Waals surface area contributed by atoms with E-state index in [-0.39, 0.29) is 22.5 Å². The Labute approximate surface area is 171 Å². The Morgan fingerprint density at radius 3 is 2.38 bits per heavy atom. The van der Waals surface area contributed by atoms with Crippen molar-refractivity contribution in [2.24, 2.45) is 0 Å². The van der Waals surface area contributed by atoms with Crippen LogP contribution >= 0.6 is 0 Å². The van der Waals surface area contributed by atoms with Gasteiger partial charge in [0, 0.05) is 18.3 Å². The molecular formula is C20H27N4O4S+. The molecule has 0 aliphatic carbocycles. The van der Waals surface area contributed by atoms with E-state index in [1.54, 1.807) is 12.1 Å². The molecule has 156 valence electrons. The molecular weight excluding hydrogens is 392 g/mol. The number of esters is 1. The zero-order valence-corrected chi connectivity index (χ0v) is 17.6. The van der Waals surface area contributed by atoms with Gasteiger partial charge in [-0.2, -0.15) is 17.0 Å². The van der Waals surface area contributed by atoms with Crippen molar-refractivity contribution in [3.05, 3.63) is 59.9 Å². The maximum Gasteiger partial charge on any atom is 0.375 e. The molecule has 1 aromatic heterocycles. The first-order chi connectivity index (χ1) is 13.8. The molecule has 2 heterocycles. The quantitative estimate of drug-likeness (QED) is 0.545. The topological polar surface area (TPSA) is 97.4 Å². The molecule has 1 aliphatic heterocycles. The summed E-state index contributed by atoms with van der Waals surface area (Å²) in [5, 5.41) is 3.41. The molecule has 1 fully saturated rings. The number of hydrogen-bond donors (Lipinski definition) is 2. The van der Waals surface area contributed by atoms with E-state index in [1.165, 1.54) is 13.3 Å². The van der Waals surface area contributed by atoms with E-state index in [9.17, 15) is 13.2 Å². The number of nitrogens with one attached hydrogen (secondary N) is 2. The van der Waals surface area contributed by atoms with Gasteiger partial charge in [-0.1, -0.05) is 18.2 Å². The van der Waals surface area contributed by atoms with Gasteiger partial charge >= 0.3 is 16.2 Å². The van der Waals surface area contributed by atoms with Gasteiger partial charge in [0.1, 0.15) is 18.8 Å². The number of ether oxygens (including phenoxy) is 1. The molecule has 0 saturated carbocycles. The van der Waals surface area contributed by atoms with E-state index in [2.05, 4.69) is 19.8 Å². The van der Waals surface area contributed by atoms with Gasteiger partial charge in [0.2, 0.25) is 0 Å². The zero-order chi connectivity index (χ0) is 21.1. The second kappa shape index (κ2) is 8.58. The lowest BCUT2D eigenvalue weighted by Crippen LogP contribution is -2.70. The second-order valence-electron chi connectivity index (χ2n) is 7.38. The number of piperazine rings is 1. The van der Waals surface area contributed by atoms with Gasteiger partial charge < -0.3 is 10.1 Å². The number of aromatic nitrogens is 1. The molecule has 0 amide bonds. The lowest BCUT2D eigenvalue weighted by molar-refractivity contribution is 0.0600. The standard InChI is InChI=1S/C20H27N4O4S/c1-15-13-24(14-16(2)23-15,19-7-5-4-6-8-19)29(26,27)22-12-18-10-9-17(11-21-18)20(25)28-3/h4-11,15-16,22-23H,12-14H2,1-3H3/q+1/t15-,16+,24?. The molecule has 1 saturated heterocycles. The van der Waals surface area contributed by atoms with Gasteiger partial charge in [0.05, 0.1) is 37.0 Å². The average molecular weight is 420 g/mol. The number of para-hydroxylation sites is 1. The minimum atomic E-state index is -3.78. The van der Waals surface area contributed by atoms with Crippen LogP contribution in [0, 0.1) is 0 Å². The molecule has 0 bridgehead atoms. The summed E-state index contributed by atoms with van der Waals surface area (Å²) in [4.78, 5) is 15.7. The summed E-state index contributed by atoms with van der Waals surface area (Å²) in [6, 6.07) is 12.6. The van der Waals surface area contributed by atoms with Crippen molar-refractivity contribution in [1.29, 1.82) is 0 Å². The van der Waals surface area contributed by atoms with Crippen molar-refractivity contribution >= 4 is 21.9 Å². The molecule has 3 atom stereocenters. The first-order valence-corrected chi connectivity index (χ1v) is 10.9. The lowest BCUT2D eigenvalue weighted by Gasteiger charge is -2.43. The van der Waals surface area contributed by atoms with Crippen molar-refractivity contribution in [2.45, 2.75) is 32.5 Å². The largest absolute Gasteiger partial charge is 0.465 e. The average Bonchev–Trinajstić information content (AvgIpc) is 2.72. The number of carbonyl (C=O) groups is 1. The van der Waals surface area contributed by atoms with Crippen LogP contribution in [0.2, 0.25) is 0 Å². The van der Waals surface area contributed by atoms with Crippen LogP contribution in [-0.2, 0) is 21.5 Å². The van der Waals surface area contributed by atoms with Crippen molar-refractivity contribution in [3.63, 3.8) is 0 Å². The Morgan fingerprint density at radius 1 is 1.17 bits per heavy atom. The molecule has 0 radical (unpaired) electrons. The summed E-state index contributed by atoms with van der Waals surface area (Å²) in [7, 11) is -2.48. The van der Waals surface area contributed by atoms with Gasteiger partial charge in [-0.05, 0) is 26.0 Å². The number of carbonyl (C=O) groups excluding carboxylic acids is 1. The van der Waals surface area contributed by atoms with Gasteiger partial charge in [0.25, 0.3) is 0 Å². The fraction of sp³-hybridized carbons (Fsp3) is 0.400. The molecule has 8 nitrogen and oxygen atoms in total. The van der Waals surface area contributed by atoms with Crippen molar-refractivity contribution in [1.82, 2.24) is 18.9 Å². The number of pyridine rings is 1. The Kier molecular flexibility index (Phi) is 6.33. The summed E-state index contributed by atoms with van der Waals surface area (Å²) in [6.45, 7) is 4.85. The number of rotatable bonds is 6. The van der Waals surface area contributed by atoms with Crippen LogP contribution in [0.25, 0.3) is 0 Å². The Hall–Kier alpha value is -2.33. The van der Waals surface area contributed by atoms with Crippen LogP contribution in [0.3, 0.4) is 0 Å². The fourth-order valence-corrected chi connectivity index (χ4v) is 5.67. The third-order valence-electron chi connectivity index (χ3n) is 5.07. The maximum atomic E-state index is 13.5. The van der Waals surface area contributed by atoms with Crippen LogP contribution in [-0.4, -0.2) is 51.7 Å². The molecule has 9 heteroatoms. The summed E-state index contributed by atoms with van der Waals surface area (Å²) in [5.41, 5.74) is 1.56. The Morgan fingerprint density at radius 2 is 1.83 bits per heavy atom. The number of nitrogens with zero attached hydrogens (tertiary/aromatic N) is 2. The van der Waals surface area contributed by atoms with E-state index >= 15 is 0 Å². The van der Waals surface area contributed by atoms with Crippen LogP contribution in [0.4, 0.5) is 5.69 Å². The van der Waals surface area contributed by atoms with E-state index in [0.29, 0.717) is 24.3 Å². The van der Waals surface area contributed by atoms with Crippen LogP contribution in [0.15, 0.2) is 48.7 Å². The monoisotopic (exact) mass is 419 g/mol. The third-order valence-corrected chi connectivity index (χ3v) is 7.01. The predicted octanol–water partition coefficient (Wildman–Crippen LogP) is 1.59. The molecule has 1 aromatic carbocycles. The molecule has 0 spiro atoms. The molecule has 3 rings (SSSR count). The fourth-order valence-electron chi connectivity index (χ4n) is 3.85. The van der Waals surface area contributed by atoms with Crippen molar-refractivity contribution in [2.75, 3.05) is 20.2 Å². The van der Waals surface area contributed by atoms with E-state index in [1.807, 2.05) is 44.2 Å². The highest BCUT2D eigenvalue weighted by molar-refractivity contribution is 7.89. The van der Waals surface area contributed by atoms with Crippen LogP contribution < -0.4 is 13.9 Å². The van der Waals surface area contributed by atoms with E-state index in [0.717, 1.165) is 5.69 Å². The Bertz CT molecular complexity index is 938. The number of benzene rings is 1. The normalized spacial score (nSPS) is 24.8. The lowest BCUT2D eigenvalue weighted by atomic mass is 10.1. The highest BCUT2D eigenvalue weighted by Crippen LogP contribution is 2.30. The second-order valence-corrected chi connectivity index (χ2v) is 9.32. The van der Waals surface area contributed by atoms with Gasteiger partial charge in [0.15, 0.2) is 0 Å². The van der Waals surface area contributed by atoms with Crippen molar-refractivity contribution < 1.29 is 17.9 Å². The smallest absolute Gasteiger partial charge is 0.375 e. The molecule has 2 aromatic rings. The summed E-state index contributed by atoms with van der Waals surface area (Å²) >= 11 is 0. The zero-order valence-electron chi connectivity index (χ0n) is 16.8. The van der Waals surface area contributed by atoms with Gasteiger partial charge in [-0.15, -0.1) is 0 Å². The molecule has 1 aliphatic rings. The summed E-state index contributed by atoms with van der Waals surface area (Å²) in [5.74, 6) is -0.484. The van der Waals surface area contributed by atoms with Crippen LogP contribution in [0.5, 0.6) is 0 Å². The Balaban J connectivity index is 1.87.